The Labute approximate surface area is 185 Å². The number of hydrogen-bond donors (Lipinski definition) is 0. The molecule has 0 saturated carbocycles. The average molecular weight is 437 g/mol. The van der Waals surface area contributed by atoms with Crippen LogP contribution in [0.3, 0.4) is 0 Å². The van der Waals surface area contributed by atoms with E-state index in [1.54, 1.807) is 24.3 Å². The first-order valence-corrected chi connectivity index (χ1v) is 10.8. The van der Waals surface area contributed by atoms with Crippen LogP contribution in [0.25, 0.3) is 5.57 Å². The third-order valence-corrected chi connectivity index (χ3v) is 6.19. The summed E-state index contributed by atoms with van der Waals surface area (Å²) in [7, 11) is 0. The molecule has 0 aromatic heterocycles. The van der Waals surface area contributed by atoms with Crippen LogP contribution in [-0.2, 0) is 16.1 Å². The quantitative estimate of drug-likeness (QED) is 0.670. The molecule has 3 aliphatic rings. The smallest absolute Gasteiger partial charge is 0.278 e. The van der Waals surface area contributed by atoms with Crippen LogP contribution < -0.4 is 9.47 Å². The first kappa shape index (κ1) is 20.5. The molecule has 2 aromatic rings. The van der Waals surface area contributed by atoms with Gasteiger partial charge in [-0.1, -0.05) is 25.1 Å². The van der Waals surface area contributed by atoms with Crippen molar-refractivity contribution in [2.75, 3.05) is 39.5 Å². The number of carbonyl (C=O) groups is 2. The van der Waals surface area contributed by atoms with Gasteiger partial charge in [0.2, 0.25) is 6.79 Å². The SMILES string of the molecule is CCN1CCN(C2=C(c3ccc(F)cc3)C(=O)N(Cc3ccc4c(c3)OCO4)C2=O)CC1. The van der Waals surface area contributed by atoms with Gasteiger partial charge in [-0.2, -0.15) is 0 Å². The van der Waals surface area contributed by atoms with Crippen LogP contribution in [0.4, 0.5) is 4.39 Å². The molecule has 0 unspecified atom stereocenters. The lowest BCUT2D eigenvalue weighted by Gasteiger charge is -2.36. The molecule has 8 heteroatoms. The number of nitrogens with zero attached hydrogens (tertiary/aromatic N) is 3. The van der Waals surface area contributed by atoms with E-state index in [0.717, 1.165) is 25.2 Å². The van der Waals surface area contributed by atoms with Crippen molar-refractivity contribution < 1.29 is 23.5 Å². The number of rotatable bonds is 5. The van der Waals surface area contributed by atoms with Gasteiger partial charge in [-0.15, -0.1) is 0 Å². The highest BCUT2D eigenvalue weighted by Crippen LogP contribution is 2.36. The Morgan fingerprint density at radius 3 is 2.34 bits per heavy atom. The maximum atomic E-state index is 13.5. The highest BCUT2D eigenvalue weighted by atomic mass is 19.1. The van der Waals surface area contributed by atoms with E-state index < -0.39 is 0 Å². The van der Waals surface area contributed by atoms with Gasteiger partial charge in [0.1, 0.15) is 11.5 Å². The van der Waals surface area contributed by atoms with Gasteiger partial charge >= 0.3 is 0 Å². The Kier molecular flexibility index (Phi) is 5.30. The summed E-state index contributed by atoms with van der Waals surface area (Å²) in [6.45, 7) is 6.29. The van der Waals surface area contributed by atoms with Crippen molar-refractivity contribution >= 4 is 17.4 Å². The zero-order valence-electron chi connectivity index (χ0n) is 17.8. The molecule has 2 aromatic carbocycles. The molecule has 2 amide bonds. The van der Waals surface area contributed by atoms with Crippen LogP contribution in [0.2, 0.25) is 0 Å². The first-order valence-electron chi connectivity index (χ1n) is 10.8. The Morgan fingerprint density at radius 1 is 0.906 bits per heavy atom. The minimum absolute atomic E-state index is 0.122. The lowest BCUT2D eigenvalue weighted by molar-refractivity contribution is -0.138. The number of fused-ring (bicyclic) bond motifs is 1. The molecule has 0 radical (unpaired) electrons. The van der Waals surface area contributed by atoms with Gasteiger partial charge in [-0.05, 0) is 41.9 Å². The number of hydrogen-bond acceptors (Lipinski definition) is 6. The van der Waals surface area contributed by atoms with Gasteiger partial charge in [0.15, 0.2) is 11.5 Å². The van der Waals surface area contributed by atoms with Gasteiger partial charge in [0.05, 0.1) is 12.1 Å². The summed E-state index contributed by atoms with van der Waals surface area (Å²) in [5.41, 5.74) is 2.05. The minimum Gasteiger partial charge on any atom is -0.454 e. The van der Waals surface area contributed by atoms with E-state index in [1.165, 1.54) is 17.0 Å². The number of piperazine rings is 1. The van der Waals surface area contributed by atoms with Crippen LogP contribution in [0.1, 0.15) is 18.1 Å². The fourth-order valence-electron chi connectivity index (χ4n) is 4.39. The summed E-state index contributed by atoms with van der Waals surface area (Å²) in [5, 5.41) is 0. The predicted octanol–water partition coefficient (Wildman–Crippen LogP) is 2.47. The molecule has 7 nitrogen and oxygen atoms in total. The van der Waals surface area contributed by atoms with Crippen molar-refractivity contribution in [1.82, 2.24) is 14.7 Å². The van der Waals surface area contributed by atoms with Gasteiger partial charge in [-0.25, -0.2) is 4.39 Å². The zero-order chi connectivity index (χ0) is 22.2. The number of imide groups is 1. The van der Waals surface area contributed by atoms with Crippen molar-refractivity contribution in [1.29, 1.82) is 0 Å². The molecular weight excluding hydrogens is 413 g/mol. The van der Waals surface area contributed by atoms with Gasteiger partial charge in [0.25, 0.3) is 11.8 Å². The van der Waals surface area contributed by atoms with Gasteiger partial charge in [-0.3, -0.25) is 14.5 Å². The largest absolute Gasteiger partial charge is 0.454 e. The van der Waals surface area contributed by atoms with E-state index in [4.69, 9.17) is 9.47 Å². The lowest BCUT2D eigenvalue weighted by atomic mass is 10.0. The zero-order valence-corrected chi connectivity index (χ0v) is 17.8. The second-order valence-corrected chi connectivity index (χ2v) is 8.04. The molecule has 3 aliphatic heterocycles. The molecule has 3 heterocycles. The molecule has 0 aliphatic carbocycles. The van der Waals surface area contributed by atoms with Crippen molar-refractivity contribution in [3.05, 3.63) is 65.1 Å². The van der Waals surface area contributed by atoms with E-state index in [0.29, 0.717) is 41.4 Å². The van der Waals surface area contributed by atoms with Crippen LogP contribution >= 0.6 is 0 Å². The Bertz CT molecular complexity index is 1090. The third kappa shape index (κ3) is 3.60. The van der Waals surface area contributed by atoms with E-state index in [-0.39, 0.29) is 31.0 Å². The maximum Gasteiger partial charge on any atom is 0.278 e. The second kappa shape index (κ2) is 8.27. The fraction of sp³-hybridized carbons (Fsp3) is 0.333. The Hall–Kier alpha value is -3.39. The van der Waals surface area contributed by atoms with E-state index in [1.807, 2.05) is 11.0 Å². The molecule has 5 rings (SSSR count). The summed E-state index contributed by atoms with van der Waals surface area (Å²) in [6, 6.07) is 11.1. The predicted molar refractivity (Wildman–Crippen MR) is 115 cm³/mol. The third-order valence-electron chi connectivity index (χ3n) is 6.19. The molecule has 166 valence electrons. The fourth-order valence-corrected chi connectivity index (χ4v) is 4.39. The number of benzene rings is 2. The lowest BCUT2D eigenvalue weighted by Crippen LogP contribution is -2.47. The van der Waals surface area contributed by atoms with Crippen LogP contribution in [0.15, 0.2) is 48.2 Å². The van der Waals surface area contributed by atoms with Crippen molar-refractivity contribution in [3.63, 3.8) is 0 Å². The normalized spacial score (nSPS) is 18.8. The second-order valence-electron chi connectivity index (χ2n) is 8.04. The Balaban J connectivity index is 1.48. The minimum atomic E-state index is -0.388. The van der Waals surface area contributed by atoms with E-state index >= 15 is 0 Å². The number of carbonyl (C=O) groups excluding carboxylic acids is 2. The molecular formula is C24H24FN3O4. The van der Waals surface area contributed by atoms with Crippen LogP contribution in [-0.4, -0.2) is 66.0 Å². The van der Waals surface area contributed by atoms with Crippen molar-refractivity contribution in [3.8, 4) is 11.5 Å². The standard InChI is InChI=1S/C24H24FN3O4/c1-2-26-9-11-27(12-10-26)22-21(17-4-6-18(25)7-5-17)23(29)28(24(22)30)14-16-3-8-19-20(13-16)32-15-31-19/h3-8,13H,2,9-12,14-15H2,1H3. The summed E-state index contributed by atoms with van der Waals surface area (Å²) < 4.78 is 24.3. The molecule has 0 atom stereocenters. The number of likely N-dealkylation sites (N-methyl/N-ethyl adjacent to an activating group) is 1. The molecule has 32 heavy (non-hydrogen) atoms. The molecule has 0 bridgehead atoms. The van der Waals surface area contributed by atoms with Crippen LogP contribution in [0.5, 0.6) is 11.5 Å². The summed E-state index contributed by atoms with van der Waals surface area (Å²) in [5.74, 6) is 0.169. The highest BCUT2D eigenvalue weighted by Gasteiger charge is 2.42. The molecule has 1 saturated heterocycles. The molecule has 1 fully saturated rings. The van der Waals surface area contributed by atoms with E-state index in [2.05, 4.69) is 11.8 Å². The van der Waals surface area contributed by atoms with E-state index in [9.17, 15) is 14.0 Å². The number of ether oxygens (including phenoxy) is 2. The number of halogens is 1. The number of amides is 2. The van der Waals surface area contributed by atoms with Gasteiger partial charge < -0.3 is 19.3 Å². The molecule has 0 N–H and O–H groups in total. The summed E-state index contributed by atoms with van der Waals surface area (Å²) in [4.78, 5) is 32.5. The molecule has 0 spiro atoms. The van der Waals surface area contributed by atoms with Crippen molar-refractivity contribution in [2.45, 2.75) is 13.5 Å². The average Bonchev–Trinajstić information content (AvgIpc) is 3.37. The monoisotopic (exact) mass is 437 g/mol. The first-order chi connectivity index (χ1) is 15.5. The topological polar surface area (TPSA) is 62.3 Å². The highest BCUT2D eigenvalue weighted by molar-refractivity contribution is 6.35. The summed E-state index contributed by atoms with van der Waals surface area (Å²) in [6.07, 6.45) is 0. The maximum absolute atomic E-state index is 13.5. The van der Waals surface area contributed by atoms with Crippen molar-refractivity contribution in [2.24, 2.45) is 0 Å². The van der Waals surface area contributed by atoms with Gasteiger partial charge in [0, 0.05) is 26.2 Å². The van der Waals surface area contributed by atoms with Crippen LogP contribution in [0, 0.1) is 5.82 Å². The Morgan fingerprint density at radius 2 is 1.62 bits per heavy atom. The summed E-state index contributed by atoms with van der Waals surface area (Å²) >= 11 is 0.